The molecule has 0 aliphatic carbocycles. The number of halogens is 1. The quantitative estimate of drug-likeness (QED) is 0.568. The van der Waals surface area contributed by atoms with Crippen LogP contribution in [-0.4, -0.2) is 59.9 Å². The molecule has 2 aromatic heterocycles. The first-order chi connectivity index (χ1) is 17.6. The number of pyridine rings is 2. The second-order valence-electron chi connectivity index (χ2n) is 9.88. The van der Waals surface area contributed by atoms with Crippen molar-refractivity contribution in [1.29, 1.82) is 5.26 Å². The molecule has 36 heavy (non-hydrogen) atoms. The highest BCUT2D eigenvalue weighted by atomic mass is 19.1. The van der Waals surface area contributed by atoms with Gasteiger partial charge in [-0.15, -0.1) is 0 Å². The average molecular weight is 490 g/mol. The molecule has 5 heterocycles. The molecule has 0 bridgehead atoms. The first-order valence-electron chi connectivity index (χ1n) is 12.4. The molecule has 0 amide bonds. The number of nitrogens with one attached hydrogen (secondary N) is 1. The summed E-state index contributed by atoms with van der Waals surface area (Å²) in [6, 6.07) is 9.61. The van der Waals surface area contributed by atoms with Gasteiger partial charge in [0.15, 0.2) is 0 Å². The number of ether oxygens (including phenoxy) is 2. The first-order valence-corrected chi connectivity index (χ1v) is 12.4. The lowest BCUT2D eigenvalue weighted by molar-refractivity contribution is 0.00332. The molecule has 0 unspecified atom stereocenters. The van der Waals surface area contributed by atoms with E-state index in [2.05, 4.69) is 27.3 Å². The van der Waals surface area contributed by atoms with Gasteiger partial charge in [-0.05, 0) is 36.2 Å². The van der Waals surface area contributed by atoms with Crippen LogP contribution in [0.3, 0.4) is 0 Å². The molecule has 3 aliphatic heterocycles. The standard InChI is InChI=1S/C27H28FN5O3/c1-35-23-15-32(13-19-14-33-24(34)3-2-22-26(33)25(19)20(28)12-31-22)6-4-21(23)30-11-16-8-17-5-7-36-27(17)18(9-16)10-29/h2-3,8-9,12,19,21,23,30H,4-7,11,13-15H2,1H3/t19-,21-,23+/m0/s1. The van der Waals surface area contributed by atoms with Gasteiger partial charge in [0.05, 0.1) is 35.5 Å². The Kier molecular flexibility index (Phi) is 5.96. The van der Waals surface area contributed by atoms with Gasteiger partial charge in [0, 0.05) is 63.3 Å². The summed E-state index contributed by atoms with van der Waals surface area (Å²) in [7, 11) is 1.72. The van der Waals surface area contributed by atoms with E-state index < -0.39 is 0 Å². The third-order valence-electron chi connectivity index (χ3n) is 7.76. The minimum absolute atomic E-state index is 0.0271. The third-order valence-corrected chi connectivity index (χ3v) is 7.76. The summed E-state index contributed by atoms with van der Waals surface area (Å²) in [5.74, 6) is 0.273. The number of hydrogen-bond acceptors (Lipinski definition) is 7. The van der Waals surface area contributed by atoms with E-state index in [9.17, 15) is 14.4 Å². The Morgan fingerprint density at radius 2 is 2.22 bits per heavy atom. The number of methoxy groups -OCH3 is 1. The van der Waals surface area contributed by atoms with Crippen LogP contribution in [0.4, 0.5) is 4.39 Å². The molecule has 186 valence electrons. The fourth-order valence-corrected chi connectivity index (χ4v) is 6.03. The molecular formula is C27H28FN5O3. The number of aromatic nitrogens is 2. The van der Waals surface area contributed by atoms with Crippen LogP contribution >= 0.6 is 0 Å². The predicted octanol–water partition coefficient (Wildman–Crippen LogP) is 2.32. The van der Waals surface area contributed by atoms with Crippen molar-refractivity contribution < 1.29 is 13.9 Å². The minimum atomic E-state index is -0.347. The number of piperidine rings is 1. The molecule has 6 rings (SSSR count). The zero-order chi connectivity index (χ0) is 24.8. The Labute approximate surface area is 208 Å². The van der Waals surface area contributed by atoms with Crippen molar-refractivity contribution >= 4 is 11.0 Å². The largest absolute Gasteiger partial charge is 0.492 e. The fourth-order valence-electron chi connectivity index (χ4n) is 6.03. The van der Waals surface area contributed by atoms with Gasteiger partial charge in [-0.25, -0.2) is 4.39 Å². The zero-order valence-electron chi connectivity index (χ0n) is 20.2. The highest BCUT2D eigenvalue weighted by Crippen LogP contribution is 2.35. The van der Waals surface area contributed by atoms with Gasteiger partial charge in [0.25, 0.3) is 5.56 Å². The highest BCUT2D eigenvalue weighted by Gasteiger charge is 2.34. The SMILES string of the molecule is CO[C@@H]1CN(C[C@H]2Cn3c(=O)ccc4ncc(F)c2c43)CC[C@@H]1NCc1cc(C#N)c2c(c1)CCO2. The number of benzene rings is 1. The fraction of sp³-hybridized carbons (Fsp3) is 0.444. The molecule has 3 aromatic rings. The lowest BCUT2D eigenvalue weighted by atomic mass is 9.96. The van der Waals surface area contributed by atoms with Crippen LogP contribution in [0.15, 0.2) is 35.3 Å². The molecule has 9 heteroatoms. The van der Waals surface area contributed by atoms with E-state index in [1.807, 2.05) is 6.07 Å². The molecule has 8 nitrogen and oxygen atoms in total. The Morgan fingerprint density at radius 1 is 1.33 bits per heavy atom. The summed E-state index contributed by atoms with van der Waals surface area (Å²) in [6.07, 6.45) is 2.95. The van der Waals surface area contributed by atoms with Gasteiger partial charge in [-0.1, -0.05) is 6.07 Å². The zero-order valence-corrected chi connectivity index (χ0v) is 20.2. The molecule has 3 atom stereocenters. The molecule has 1 N–H and O–H groups in total. The van der Waals surface area contributed by atoms with Crippen molar-refractivity contribution in [2.24, 2.45) is 0 Å². The summed E-state index contributed by atoms with van der Waals surface area (Å²) >= 11 is 0. The number of hydrogen-bond donors (Lipinski definition) is 1. The van der Waals surface area contributed by atoms with Gasteiger partial charge in [0.1, 0.15) is 17.6 Å². The molecule has 3 aliphatic rings. The Bertz CT molecular complexity index is 1430. The average Bonchev–Trinajstić information content (AvgIpc) is 3.52. The van der Waals surface area contributed by atoms with Crippen LogP contribution in [0.1, 0.15) is 34.6 Å². The molecule has 1 fully saturated rings. The second-order valence-corrected chi connectivity index (χ2v) is 9.88. The maximum Gasteiger partial charge on any atom is 0.251 e. The Hall–Kier alpha value is -3.32. The highest BCUT2D eigenvalue weighted by molar-refractivity contribution is 5.80. The first kappa shape index (κ1) is 23.1. The number of nitriles is 1. The topological polar surface area (TPSA) is 92.4 Å². The van der Waals surface area contributed by atoms with Crippen molar-refractivity contribution in [2.75, 3.05) is 33.4 Å². The lowest BCUT2D eigenvalue weighted by Gasteiger charge is -2.39. The van der Waals surface area contributed by atoms with Crippen LogP contribution in [0.5, 0.6) is 5.75 Å². The smallest absolute Gasteiger partial charge is 0.251 e. The number of fused-ring (bicyclic) bond motifs is 1. The molecule has 1 saturated heterocycles. The molecule has 0 radical (unpaired) electrons. The maximum atomic E-state index is 14.8. The van der Waals surface area contributed by atoms with Gasteiger partial charge in [-0.3, -0.25) is 14.7 Å². The van der Waals surface area contributed by atoms with E-state index >= 15 is 0 Å². The van der Waals surface area contributed by atoms with Gasteiger partial charge >= 0.3 is 0 Å². The summed E-state index contributed by atoms with van der Waals surface area (Å²) in [4.78, 5) is 18.9. The van der Waals surface area contributed by atoms with Crippen molar-refractivity contribution in [3.05, 3.63) is 68.9 Å². The summed E-state index contributed by atoms with van der Waals surface area (Å²) < 4.78 is 28.0. The van der Waals surface area contributed by atoms with Crippen molar-refractivity contribution in [3.8, 4) is 11.8 Å². The van der Waals surface area contributed by atoms with Crippen LogP contribution in [0.25, 0.3) is 11.0 Å². The van der Waals surface area contributed by atoms with E-state index in [4.69, 9.17) is 9.47 Å². The van der Waals surface area contributed by atoms with Crippen molar-refractivity contribution in [2.45, 2.75) is 44.0 Å². The molecule has 0 saturated carbocycles. The van der Waals surface area contributed by atoms with E-state index in [-0.39, 0.29) is 29.4 Å². The van der Waals surface area contributed by atoms with Crippen LogP contribution < -0.4 is 15.6 Å². The monoisotopic (exact) mass is 489 g/mol. The van der Waals surface area contributed by atoms with Crippen LogP contribution in [0, 0.1) is 17.1 Å². The van der Waals surface area contributed by atoms with E-state index in [1.54, 1.807) is 17.7 Å². The molecular weight excluding hydrogens is 461 g/mol. The molecule has 0 spiro atoms. The van der Waals surface area contributed by atoms with E-state index in [1.165, 1.54) is 12.3 Å². The van der Waals surface area contributed by atoms with Crippen molar-refractivity contribution in [1.82, 2.24) is 19.8 Å². The summed E-state index contributed by atoms with van der Waals surface area (Å²) in [5.41, 5.74) is 4.52. The maximum absolute atomic E-state index is 14.8. The third kappa shape index (κ3) is 3.95. The lowest BCUT2D eigenvalue weighted by Crippen LogP contribution is -2.53. The number of likely N-dealkylation sites (tertiary alicyclic amines) is 1. The Morgan fingerprint density at radius 3 is 3.06 bits per heavy atom. The molecule has 1 aromatic carbocycles. The second kappa shape index (κ2) is 9.28. The number of rotatable bonds is 6. The van der Waals surface area contributed by atoms with Gasteiger partial charge < -0.3 is 19.4 Å². The van der Waals surface area contributed by atoms with Crippen LogP contribution in [0.2, 0.25) is 0 Å². The van der Waals surface area contributed by atoms with E-state index in [0.29, 0.717) is 54.9 Å². The van der Waals surface area contributed by atoms with Crippen molar-refractivity contribution in [3.63, 3.8) is 0 Å². The minimum Gasteiger partial charge on any atom is -0.492 e. The van der Waals surface area contributed by atoms with Gasteiger partial charge in [-0.2, -0.15) is 5.26 Å². The summed E-state index contributed by atoms with van der Waals surface area (Å²) in [6.45, 7) is 3.95. The van der Waals surface area contributed by atoms with Gasteiger partial charge in [0.2, 0.25) is 0 Å². The summed E-state index contributed by atoms with van der Waals surface area (Å²) in [5, 5.41) is 13.1. The van der Waals surface area contributed by atoms with Crippen LogP contribution in [-0.2, 0) is 24.2 Å². The van der Waals surface area contributed by atoms with E-state index in [0.717, 1.165) is 36.3 Å². The predicted molar refractivity (Wildman–Crippen MR) is 132 cm³/mol. The Balaban J connectivity index is 1.13. The number of nitrogens with zero attached hydrogens (tertiary/aromatic N) is 4. The normalized spacial score (nSPS) is 23.0.